The topological polar surface area (TPSA) is 52.6 Å². The van der Waals surface area contributed by atoms with Crippen LogP contribution in [0.5, 0.6) is 11.5 Å². The Labute approximate surface area is 159 Å². The van der Waals surface area contributed by atoms with Gasteiger partial charge in [0.05, 0.1) is 0 Å². The molecule has 2 aromatic carbocycles. The first-order valence-corrected chi connectivity index (χ1v) is 8.51. The number of halogens is 4. The summed E-state index contributed by atoms with van der Waals surface area (Å²) in [6, 6.07) is 10.8. The predicted octanol–water partition coefficient (Wildman–Crippen LogP) is 5.52. The van der Waals surface area contributed by atoms with E-state index in [0.29, 0.717) is 24.0 Å². The van der Waals surface area contributed by atoms with Gasteiger partial charge in [-0.3, -0.25) is 9.59 Å². The van der Waals surface area contributed by atoms with Crippen LogP contribution in [0, 0.1) is 0 Å². The van der Waals surface area contributed by atoms with Gasteiger partial charge < -0.3 is 9.47 Å². The van der Waals surface area contributed by atoms with Crippen LogP contribution >= 0.6 is 0 Å². The number of alkyl halides is 4. The molecule has 0 spiro atoms. The maximum Gasteiger partial charge on any atom is 0.387 e. The Morgan fingerprint density at radius 2 is 0.964 bits per heavy atom. The maximum absolute atomic E-state index is 12.1. The summed E-state index contributed by atoms with van der Waals surface area (Å²) in [5, 5.41) is 0. The van der Waals surface area contributed by atoms with E-state index in [2.05, 4.69) is 9.47 Å². The van der Waals surface area contributed by atoms with E-state index in [1.165, 1.54) is 48.5 Å². The average Bonchev–Trinajstić information content (AvgIpc) is 2.65. The molecule has 0 amide bonds. The number of carbonyl (C=O) groups is 2. The Balaban J connectivity index is 1.74. The van der Waals surface area contributed by atoms with Gasteiger partial charge in [-0.2, -0.15) is 17.6 Å². The molecule has 4 nitrogen and oxygen atoms in total. The van der Waals surface area contributed by atoms with Crippen molar-refractivity contribution >= 4 is 11.6 Å². The first-order valence-electron chi connectivity index (χ1n) is 8.51. The summed E-state index contributed by atoms with van der Waals surface area (Å²) >= 11 is 0. The molecular formula is C20H18F4O4. The van der Waals surface area contributed by atoms with Gasteiger partial charge in [-0.05, 0) is 61.4 Å². The minimum absolute atomic E-state index is 0.0258. The second-order valence-electron chi connectivity index (χ2n) is 5.86. The molecule has 0 aliphatic carbocycles. The number of hydrogen-bond donors (Lipinski definition) is 0. The second-order valence-corrected chi connectivity index (χ2v) is 5.86. The standard InChI is InChI=1S/C20H18F4O4/c21-19(22)27-15-9-5-13(6-10-15)17(25)3-1-2-4-18(26)14-7-11-16(12-8-14)28-20(23)24/h5-12,19-20H,1-4H2. The number of carbonyl (C=O) groups excluding carboxylic acids is 2. The molecule has 2 rings (SSSR count). The summed E-state index contributed by atoms with van der Waals surface area (Å²) < 4.78 is 56.8. The molecule has 0 aliphatic rings. The Morgan fingerprint density at radius 1 is 0.643 bits per heavy atom. The Kier molecular flexibility index (Phi) is 7.98. The Hall–Kier alpha value is -2.90. The van der Waals surface area contributed by atoms with Crippen LogP contribution in [0.3, 0.4) is 0 Å². The lowest BCUT2D eigenvalue weighted by molar-refractivity contribution is -0.0505. The van der Waals surface area contributed by atoms with Gasteiger partial charge in [0.2, 0.25) is 0 Å². The third-order valence-electron chi connectivity index (χ3n) is 3.86. The number of hydrogen-bond acceptors (Lipinski definition) is 4. The van der Waals surface area contributed by atoms with Crippen molar-refractivity contribution in [3.8, 4) is 11.5 Å². The molecule has 0 atom stereocenters. The average molecular weight is 398 g/mol. The smallest absolute Gasteiger partial charge is 0.387 e. The summed E-state index contributed by atoms with van der Waals surface area (Å²) in [6.07, 6.45) is 1.38. The van der Waals surface area contributed by atoms with E-state index in [0.717, 1.165) is 0 Å². The number of benzene rings is 2. The molecule has 2 aromatic rings. The van der Waals surface area contributed by atoms with E-state index >= 15 is 0 Å². The highest BCUT2D eigenvalue weighted by Gasteiger charge is 2.11. The molecule has 0 bridgehead atoms. The normalized spacial score (nSPS) is 10.9. The highest BCUT2D eigenvalue weighted by atomic mass is 19.3. The van der Waals surface area contributed by atoms with Crippen molar-refractivity contribution in [1.82, 2.24) is 0 Å². The predicted molar refractivity (Wildman–Crippen MR) is 93.3 cm³/mol. The molecule has 0 radical (unpaired) electrons. The number of unbranched alkanes of at least 4 members (excludes halogenated alkanes) is 1. The van der Waals surface area contributed by atoms with Crippen molar-refractivity contribution in [3.05, 3.63) is 59.7 Å². The van der Waals surface area contributed by atoms with Gasteiger partial charge in [-0.1, -0.05) is 0 Å². The molecule has 0 fully saturated rings. The number of ether oxygens (including phenoxy) is 2. The number of ketones is 2. The van der Waals surface area contributed by atoms with Crippen LogP contribution in [0.25, 0.3) is 0 Å². The van der Waals surface area contributed by atoms with Gasteiger partial charge in [0.15, 0.2) is 11.6 Å². The van der Waals surface area contributed by atoms with Crippen molar-refractivity contribution in [2.24, 2.45) is 0 Å². The van der Waals surface area contributed by atoms with Gasteiger partial charge in [-0.15, -0.1) is 0 Å². The van der Waals surface area contributed by atoms with Crippen molar-refractivity contribution in [3.63, 3.8) is 0 Å². The fourth-order valence-corrected chi connectivity index (χ4v) is 2.50. The molecule has 8 heteroatoms. The maximum atomic E-state index is 12.1. The quantitative estimate of drug-likeness (QED) is 0.284. The van der Waals surface area contributed by atoms with Crippen LogP contribution in [-0.4, -0.2) is 24.8 Å². The molecule has 0 saturated carbocycles. The fraction of sp³-hybridized carbons (Fsp3) is 0.300. The van der Waals surface area contributed by atoms with E-state index in [-0.39, 0.29) is 35.9 Å². The van der Waals surface area contributed by atoms with Gasteiger partial charge in [0.25, 0.3) is 0 Å². The molecule has 0 heterocycles. The fourth-order valence-electron chi connectivity index (χ4n) is 2.50. The van der Waals surface area contributed by atoms with Crippen LogP contribution in [0.2, 0.25) is 0 Å². The lowest BCUT2D eigenvalue weighted by Gasteiger charge is -2.06. The van der Waals surface area contributed by atoms with E-state index < -0.39 is 13.2 Å². The molecule has 0 saturated heterocycles. The van der Waals surface area contributed by atoms with Crippen LogP contribution in [-0.2, 0) is 0 Å². The van der Waals surface area contributed by atoms with Gasteiger partial charge >= 0.3 is 13.2 Å². The first kappa shape index (κ1) is 21.4. The minimum atomic E-state index is -2.92. The summed E-state index contributed by atoms with van der Waals surface area (Å²) in [6.45, 7) is -5.85. The van der Waals surface area contributed by atoms with E-state index in [4.69, 9.17) is 0 Å². The summed E-state index contributed by atoms with van der Waals surface area (Å²) in [4.78, 5) is 24.1. The molecule has 0 aliphatic heterocycles. The zero-order chi connectivity index (χ0) is 20.5. The monoisotopic (exact) mass is 398 g/mol. The van der Waals surface area contributed by atoms with Crippen LogP contribution in [0.4, 0.5) is 17.6 Å². The second kappa shape index (κ2) is 10.4. The summed E-state index contributed by atoms with van der Waals surface area (Å²) in [5.41, 5.74) is 0.755. The lowest BCUT2D eigenvalue weighted by Crippen LogP contribution is -2.04. The van der Waals surface area contributed by atoms with Crippen LogP contribution in [0.1, 0.15) is 46.4 Å². The van der Waals surface area contributed by atoms with Crippen molar-refractivity contribution in [2.45, 2.75) is 38.9 Å². The number of rotatable bonds is 11. The van der Waals surface area contributed by atoms with Crippen molar-refractivity contribution in [1.29, 1.82) is 0 Å². The molecular weight excluding hydrogens is 380 g/mol. The number of Topliss-reactive ketones (excluding diaryl/α,β-unsaturated/α-hetero) is 2. The van der Waals surface area contributed by atoms with Gasteiger partial charge in [0.1, 0.15) is 11.5 Å². The molecule has 150 valence electrons. The zero-order valence-corrected chi connectivity index (χ0v) is 14.7. The van der Waals surface area contributed by atoms with Gasteiger partial charge in [-0.25, -0.2) is 0 Å². The largest absolute Gasteiger partial charge is 0.435 e. The van der Waals surface area contributed by atoms with Crippen LogP contribution < -0.4 is 9.47 Å². The zero-order valence-electron chi connectivity index (χ0n) is 14.7. The van der Waals surface area contributed by atoms with E-state index in [1.54, 1.807) is 0 Å². The summed E-state index contributed by atoms with van der Waals surface area (Å²) in [7, 11) is 0. The van der Waals surface area contributed by atoms with E-state index in [9.17, 15) is 27.2 Å². The molecule has 0 aromatic heterocycles. The third kappa shape index (κ3) is 7.02. The van der Waals surface area contributed by atoms with Crippen molar-refractivity contribution < 1.29 is 36.6 Å². The molecule has 0 unspecified atom stereocenters. The summed E-state index contributed by atoms with van der Waals surface area (Å²) in [5.74, 6) is -0.377. The lowest BCUT2D eigenvalue weighted by atomic mass is 10.0. The minimum Gasteiger partial charge on any atom is -0.435 e. The van der Waals surface area contributed by atoms with E-state index in [1.807, 2.05) is 0 Å². The first-order chi connectivity index (χ1) is 13.3. The van der Waals surface area contributed by atoms with Crippen LogP contribution in [0.15, 0.2) is 48.5 Å². The highest BCUT2D eigenvalue weighted by molar-refractivity contribution is 5.97. The van der Waals surface area contributed by atoms with Gasteiger partial charge in [0, 0.05) is 24.0 Å². The SMILES string of the molecule is O=C(CCCCC(=O)c1ccc(OC(F)F)cc1)c1ccc(OC(F)F)cc1. The Morgan fingerprint density at radius 3 is 1.25 bits per heavy atom. The Bertz CT molecular complexity index is 706. The highest BCUT2D eigenvalue weighted by Crippen LogP contribution is 2.18. The van der Waals surface area contributed by atoms with Crippen molar-refractivity contribution in [2.75, 3.05) is 0 Å². The molecule has 0 N–H and O–H groups in total. The molecule has 28 heavy (non-hydrogen) atoms. The third-order valence-corrected chi connectivity index (χ3v) is 3.86.